The van der Waals surface area contributed by atoms with Crippen molar-refractivity contribution in [1.29, 1.82) is 0 Å². The Labute approximate surface area is 146 Å². The van der Waals surface area contributed by atoms with Crippen molar-refractivity contribution in [3.63, 3.8) is 0 Å². The third-order valence-corrected chi connectivity index (χ3v) is 3.48. The van der Waals surface area contributed by atoms with E-state index in [0.29, 0.717) is 0 Å². The maximum absolute atomic E-state index is 10.5. The zero-order valence-corrected chi connectivity index (χ0v) is 13.5. The molecule has 126 valence electrons. The molecule has 0 aliphatic carbocycles. The van der Waals surface area contributed by atoms with E-state index in [1.807, 2.05) is 0 Å². The molecule has 3 aromatic carbocycles. The zero-order chi connectivity index (χ0) is 18.1. The maximum atomic E-state index is 10.5. The molecule has 0 unspecified atom stereocenters. The molecule has 0 heterocycles. The standard InChI is InChI=1S/C13H12.C8H6O4/c1-3-7-12(8-4-1)11-13-9-5-2-6-10-13;9-7(10)5-3-1-2-4-6(5)8(11)12/h1-10H,11H2;1-4H,(H,9,10)(H,11,12). The van der Waals surface area contributed by atoms with Gasteiger partial charge in [0.15, 0.2) is 0 Å². The first-order valence-corrected chi connectivity index (χ1v) is 7.71. The summed E-state index contributed by atoms with van der Waals surface area (Å²) in [6.07, 6.45) is 1.03. The quantitative estimate of drug-likeness (QED) is 0.743. The van der Waals surface area contributed by atoms with E-state index in [-0.39, 0.29) is 11.1 Å². The summed E-state index contributed by atoms with van der Waals surface area (Å²) >= 11 is 0. The third-order valence-electron chi connectivity index (χ3n) is 3.48. The molecule has 4 nitrogen and oxygen atoms in total. The van der Waals surface area contributed by atoms with Crippen LogP contribution in [0.1, 0.15) is 31.8 Å². The van der Waals surface area contributed by atoms with Crippen LogP contribution in [0.25, 0.3) is 0 Å². The second-order valence-corrected chi connectivity index (χ2v) is 5.30. The molecule has 4 heteroatoms. The number of benzene rings is 3. The minimum atomic E-state index is -1.23. The number of carboxylic acid groups (broad SMARTS) is 2. The maximum Gasteiger partial charge on any atom is 0.336 e. The molecule has 0 fully saturated rings. The van der Waals surface area contributed by atoms with Gasteiger partial charge < -0.3 is 10.2 Å². The second kappa shape index (κ2) is 9.03. The van der Waals surface area contributed by atoms with E-state index < -0.39 is 11.9 Å². The number of carbonyl (C=O) groups is 2. The minimum absolute atomic E-state index is 0.190. The Bertz CT molecular complexity index is 756. The lowest BCUT2D eigenvalue weighted by Gasteiger charge is -2.00. The van der Waals surface area contributed by atoms with E-state index in [0.717, 1.165) is 6.42 Å². The lowest BCUT2D eigenvalue weighted by molar-refractivity contribution is 0.0651. The van der Waals surface area contributed by atoms with Gasteiger partial charge in [0, 0.05) is 0 Å². The van der Waals surface area contributed by atoms with Crippen LogP contribution < -0.4 is 0 Å². The summed E-state index contributed by atoms with van der Waals surface area (Å²) in [5.41, 5.74) is 2.36. The first-order chi connectivity index (χ1) is 12.1. The molecular weight excluding hydrogens is 316 g/mol. The number of hydrogen-bond donors (Lipinski definition) is 2. The van der Waals surface area contributed by atoms with Crippen LogP contribution in [0.3, 0.4) is 0 Å². The number of hydrogen-bond acceptors (Lipinski definition) is 2. The van der Waals surface area contributed by atoms with Gasteiger partial charge in [-0.3, -0.25) is 0 Å². The first kappa shape index (κ1) is 17.9. The van der Waals surface area contributed by atoms with E-state index in [1.165, 1.54) is 35.4 Å². The highest BCUT2D eigenvalue weighted by molar-refractivity contribution is 6.01. The Hall–Kier alpha value is -3.40. The van der Waals surface area contributed by atoms with Crippen LogP contribution in [0.4, 0.5) is 0 Å². The van der Waals surface area contributed by atoms with Crippen LogP contribution in [0.15, 0.2) is 84.9 Å². The van der Waals surface area contributed by atoms with Gasteiger partial charge in [0.25, 0.3) is 0 Å². The summed E-state index contributed by atoms with van der Waals surface area (Å²) in [4.78, 5) is 20.9. The molecular formula is C21H18O4. The molecule has 0 atom stereocenters. The van der Waals surface area contributed by atoms with Crippen LogP contribution in [-0.4, -0.2) is 22.2 Å². The minimum Gasteiger partial charge on any atom is -0.478 e. The van der Waals surface area contributed by atoms with Gasteiger partial charge in [-0.15, -0.1) is 0 Å². The molecule has 0 radical (unpaired) electrons. The largest absolute Gasteiger partial charge is 0.478 e. The average Bonchev–Trinajstić information content (AvgIpc) is 2.64. The van der Waals surface area contributed by atoms with Gasteiger partial charge >= 0.3 is 11.9 Å². The average molecular weight is 334 g/mol. The van der Waals surface area contributed by atoms with Crippen molar-refractivity contribution in [2.75, 3.05) is 0 Å². The van der Waals surface area contributed by atoms with Gasteiger partial charge in [-0.25, -0.2) is 9.59 Å². The normalized spacial score (nSPS) is 9.60. The summed E-state index contributed by atoms with van der Waals surface area (Å²) in [6.45, 7) is 0. The Morgan fingerprint density at radius 3 is 1.20 bits per heavy atom. The van der Waals surface area contributed by atoms with Crippen LogP contribution in [0.5, 0.6) is 0 Å². The Morgan fingerprint density at radius 1 is 0.560 bits per heavy atom. The van der Waals surface area contributed by atoms with Crippen molar-refractivity contribution in [1.82, 2.24) is 0 Å². The summed E-state index contributed by atoms with van der Waals surface area (Å²) in [5, 5.41) is 17.1. The first-order valence-electron chi connectivity index (χ1n) is 7.71. The molecule has 0 aliphatic rings. The highest BCUT2D eigenvalue weighted by Crippen LogP contribution is 2.08. The third kappa shape index (κ3) is 5.62. The van der Waals surface area contributed by atoms with E-state index >= 15 is 0 Å². The smallest absolute Gasteiger partial charge is 0.336 e. The van der Waals surface area contributed by atoms with E-state index in [1.54, 1.807) is 0 Å². The second-order valence-electron chi connectivity index (χ2n) is 5.30. The summed E-state index contributed by atoms with van der Waals surface area (Å²) in [6, 6.07) is 26.5. The monoisotopic (exact) mass is 334 g/mol. The fourth-order valence-corrected chi connectivity index (χ4v) is 2.28. The van der Waals surface area contributed by atoms with Crippen molar-refractivity contribution in [3.8, 4) is 0 Å². The van der Waals surface area contributed by atoms with E-state index in [9.17, 15) is 9.59 Å². The van der Waals surface area contributed by atoms with Crippen molar-refractivity contribution in [2.45, 2.75) is 6.42 Å². The molecule has 3 aromatic rings. The lowest BCUT2D eigenvalue weighted by atomic mass is 10.1. The summed E-state index contributed by atoms with van der Waals surface area (Å²) < 4.78 is 0. The number of rotatable bonds is 4. The van der Waals surface area contributed by atoms with Crippen LogP contribution in [-0.2, 0) is 6.42 Å². The van der Waals surface area contributed by atoms with Crippen molar-refractivity contribution >= 4 is 11.9 Å². The van der Waals surface area contributed by atoms with Crippen LogP contribution in [0, 0.1) is 0 Å². The van der Waals surface area contributed by atoms with Gasteiger partial charge in [0.2, 0.25) is 0 Å². The highest BCUT2D eigenvalue weighted by atomic mass is 16.4. The summed E-state index contributed by atoms with van der Waals surface area (Å²) in [7, 11) is 0. The molecule has 0 amide bonds. The summed E-state index contributed by atoms with van der Waals surface area (Å²) in [5.74, 6) is -2.46. The molecule has 3 rings (SSSR count). The van der Waals surface area contributed by atoms with E-state index in [4.69, 9.17) is 10.2 Å². The Balaban J connectivity index is 0.000000181. The van der Waals surface area contributed by atoms with Gasteiger partial charge in [0.05, 0.1) is 11.1 Å². The predicted octanol–water partition coefficient (Wildman–Crippen LogP) is 4.36. The molecule has 25 heavy (non-hydrogen) atoms. The lowest BCUT2D eigenvalue weighted by Crippen LogP contribution is -2.06. The van der Waals surface area contributed by atoms with Crippen molar-refractivity contribution < 1.29 is 19.8 Å². The predicted molar refractivity (Wildman–Crippen MR) is 96.1 cm³/mol. The molecule has 2 N–H and O–H groups in total. The molecule has 0 spiro atoms. The molecule has 0 aromatic heterocycles. The van der Waals surface area contributed by atoms with E-state index in [2.05, 4.69) is 60.7 Å². The van der Waals surface area contributed by atoms with Gasteiger partial charge in [-0.05, 0) is 29.7 Å². The molecule has 0 saturated carbocycles. The van der Waals surface area contributed by atoms with Gasteiger partial charge in [-0.1, -0.05) is 72.8 Å². The topological polar surface area (TPSA) is 74.6 Å². The molecule has 0 bridgehead atoms. The van der Waals surface area contributed by atoms with Gasteiger partial charge in [0.1, 0.15) is 0 Å². The zero-order valence-electron chi connectivity index (χ0n) is 13.5. The van der Waals surface area contributed by atoms with Crippen molar-refractivity contribution in [3.05, 3.63) is 107 Å². The fraction of sp³-hybridized carbons (Fsp3) is 0.0476. The molecule has 0 saturated heterocycles. The Morgan fingerprint density at radius 2 is 0.880 bits per heavy atom. The number of aromatic carboxylic acids is 2. The Kier molecular flexibility index (Phi) is 6.48. The SMILES string of the molecule is O=C(O)c1ccccc1C(=O)O.c1ccc(Cc2ccccc2)cc1. The van der Waals surface area contributed by atoms with Crippen LogP contribution >= 0.6 is 0 Å². The van der Waals surface area contributed by atoms with Crippen molar-refractivity contribution in [2.24, 2.45) is 0 Å². The van der Waals surface area contributed by atoms with Gasteiger partial charge in [-0.2, -0.15) is 0 Å². The number of carboxylic acids is 2. The fourth-order valence-electron chi connectivity index (χ4n) is 2.28. The molecule has 0 aliphatic heterocycles. The highest BCUT2D eigenvalue weighted by Gasteiger charge is 2.13. The van der Waals surface area contributed by atoms with Crippen LogP contribution in [0.2, 0.25) is 0 Å².